The Kier molecular flexibility index (Phi) is 11.2. The summed E-state index contributed by atoms with van der Waals surface area (Å²) in [6.45, 7) is 4.42. The molecule has 0 aliphatic carbocycles. The summed E-state index contributed by atoms with van der Waals surface area (Å²) in [7, 11) is 7.63. The van der Waals surface area contributed by atoms with Gasteiger partial charge in [-0.3, -0.25) is 4.99 Å². The van der Waals surface area contributed by atoms with E-state index >= 15 is 0 Å². The maximum Gasteiger partial charge on any atom is 0.191 e. The predicted octanol–water partition coefficient (Wildman–Crippen LogP) is 2.07. The van der Waals surface area contributed by atoms with Crippen LogP contribution in [0.1, 0.15) is 18.1 Å². The van der Waals surface area contributed by atoms with E-state index in [-0.39, 0.29) is 30.0 Å². The Morgan fingerprint density at radius 3 is 2.59 bits per heavy atom. The van der Waals surface area contributed by atoms with Crippen molar-refractivity contribution in [1.82, 2.24) is 15.5 Å². The molecule has 5 nitrogen and oxygen atoms in total. The number of halogens is 1. The van der Waals surface area contributed by atoms with Crippen LogP contribution in [0.4, 0.5) is 0 Å². The van der Waals surface area contributed by atoms with E-state index in [9.17, 15) is 0 Å². The van der Waals surface area contributed by atoms with E-state index < -0.39 is 0 Å². The van der Waals surface area contributed by atoms with Gasteiger partial charge >= 0.3 is 0 Å². The standard InChI is InChI=1S/C16H28N4O.HI/c1-13(12-21-5)19-16(17-2)18-10-14-7-6-8-15(9-14)11-20(3)4;/h6-9,13H,10-12H2,1-5H3,(H2,17,18,19);1H. The van der Waals surface area contributed by atoms with Crippen molar-refractivity contribution in [3.05, 3.63) is 35.4 Å². The number of nitrogens with zero attached hydrogens (tertiary/aromatic N) is 2. The lowest BCUT2D eigenvalue weighted by atomic mass is 10.1. The molecule has 1 unspecified atom stereocenters. The average Bonchev–Trinajstić information content (AvgIpc) is 2.43. The van der Waals surface area contributed by atoms with E-state index in [0.717, 1.165) is 19.0 Å². The van der Waals surface area contributed by atoms with Crippen LogP contribution in [0.15, 0.2) is 29.3 Å². The van der Waals surface area contributed by atoms with Gasteiger partial charge < -0.3 is 20.3 Å². The summed E-state index contributed by atoms with van der Waals surface area (Å²) >= 11 is 0. The fourth-order valence-electron chi connectivity index (χ4n) is 2.11. The monoisotopic (exact) mass is 420 g/mol. The van der Waals surface area contributed by atoms with Gasteiger partial charge in [0.15, 0.2) is 5.96 Å². The minimum Gasteiger partial charge on any atom is -0.383 e. The highest BCUT2D eigenvalue weighted by Gasteiger charge is 2.04. The normalized spacial score (nSPS) is 12.7. The Balaban J connectivity index is 0.00000441. The molecular weight excluding hydrogens is 391 g/mol. The second kappa shape index (κ2) is 11.7. The summed E-state index contributed by atoms with van der Waals surface area (Å²) in [6.07, 6.45) is 0. The quantitative estimate of drug-likeness (QED) is 0.403. The molecule has 2 N–H and O–H groups in total. The van der Waals surface area contributed by atoms with E-state index in [4.69, 9.17) is 4.74 Å². The van der Waals surface area contributed by atoms with Gasteiger partial charge in [0.25, 0.3) is 0 Å². The summed E-state index contributed by atoms with van der Waals surface area (Å²) in [5.74, 6) is 0.789. The molecule has 0 aliphatic heterocycles. The van der Waals surface area contributed by atoms with Crippen molar-refractivity contribution in [2.24, 2.45) is 4.99 Å². The predicted molar refractivity (Wildman–Crippen MR) is 104 cm³/mol. The third-order valence-electron chi connectivity index (χ3n) is 2.97. The Hall–Kier alpha value is -0.860. The summed E-state index contributed by atoms with van der Waals surface area (Å²) in [4.78, 5) is 6.39. The molecule has 22 heavy (non-hydrogen) atoms. The van der Waals surface area contributed by atoms with E-state index in [1.54, 1.807) is 14.2 Å². The van der Waals surface area contributed by atoms with Gasteiger partial charge in [-0.2, -0.15) is 0 Å². The van der Waals surface area contributed by atoms with Crippen molar-refractivity contribution in [2.45, 2.75) is 26.1 Å². The Bertz CT molecular complexity index is 452. The molecule has 0 radical (unpaired) electrons. The maximum absolute atomic E-state index is 5.11. The minimum atomic E-state index is 0. The number of methoxy groups -OCH3 is 1. The van der Waals surface area contributed by atoms with Gasteiger partial charge in [0, 0.05) is 33.3 Å². The summed E-state index contributed by atoms with van der Waals surface area (Å²) < 4.78 is 5.11. The topological polar surface area (TPSA) is 48.9 Å². The Morgan fingerprint density at radius 2 is 2.00 bits per heavy atom. The number of aliphatic imine (C=N–C) groups is 1. The molecule has 1 aromatic carbocycles. The zero-order chi connectivity index (χ0) is 15.7. The van der Waals surface area contributed by atoms with Gasteiger partial charge in [-0.25, -0.2) is 0 Å². The van der Waals surface area contributed by atoms with Crippen LogP contribution < -0.4 is 10.6 Å². The SMILES string of the molecule is CN=C(NCc1cccc(CN(C)C)c1)NC(C)COC.I. The molecular formula is C16H29IN4O. The molecule has 126 valence electrons. The second-order valence-corrected chi connectivity index (χ2v) is 5.48. The first-order valence-electron chi connectivity index (χ1n) is 7.23. The van der Waals surface area contributed by atoms with Crippen molar-refractivity contribution in [2.75, 3.05) is 34.9 Å². The maximum atomic E-state index is 5.11. The molecule has 0 aromatic heterocycles. The van der Waals surface area contributed by atoms with Crippen LogP contribution in [0.2, 0.25) is 0 Å². The number of rotatable bonds is 7. The van der Waals surface area contributed by atoms with E-state index in [1.807, 2.05) is 0 Å². The van der Waals surface area contributed by atoms with Gasteiger partial charge in [0.2, 0.25) is 0 Å². The van der Waals surface area contributed by atoms with Crippen LogP contribution in [-0.2, 0) is 17.8 Å². The first-order valence-corrected chi connectivity index (χ1v) is 7.23. The molecule has 0 bridgehead atoms. The molecule has 0 aliphatic rings. The third kappa shape index (κ3) is 8.55. The first-order chi connectivity index (χ1) is 10.0. The van der Waals surface area contributed by atoms with Gasteiger partial charge in [-0.05, 0) is 32.1 Å². The van der Waals surface area contributed by atoms with Crippen LogP contribution in [0.3, 0.4) is 0 Å². The van der Waals surface area contributed by atoms with E-state index in [2.05, 4.69) is 65.8 Å². The number of hydrogen-bond donors (Lipinski definition) is 2. The van der Waals surface area contributed by atoms with Gasteiger partial charge in [0.1, 0.15) is 0 Å². The zero-order valence-corrected chi connectivity index (χ0v) is 16.5. The number of guanidine groups is 1. The van der Waals surface area contributed by atoms with Gasteiger partial charge in [-0.1, -0.05) is 24.3 Å². The van der Waals surface area contributed by atoms with Crippen molar-refractivity contribution in [3.63, 3.8) is 0 Å². The van der Waals surface area contributed by atoms with Crippen molar-refractivity contribution < 1.29 is 4.74 Å². The molecule has 1 rings (SSSR count). The highest BCUT2D eigenvalue weighted by Crippen LogP contribution is 2.06. The Morgan fingerprint density at radius 1 is 1.32 bits per heavy atom. The van der Waals surface area contributed by atoms with E-state index in [0.29, 0.717) is 6.61 Å². The summed E-state index contributed by atoms with van der Waals surface area (Å²) in [6, 6.07) is 8.81. The lowest BCUT2D eigenvalue weighted by Crippen LogP contribution is -2.43. The lowest BCUT2D eigenvalue weighted by molar-refractivity contribution is 0.179. The van der Waals surface area contributed by atoms with Crippen LogP contribution in [-0.4, -0.2) is 51.8 Å². The van der Waals surface area contributed by atoms with Crippen LogP contribution in [0, 0.1) is 0 Å². The number of benzene rings is 1. The highest BCUT2D eigenvalue weighted by atomic mass is 127. The fraction of sp³-hybridized carbons (Fsp3) is 0.562. The number of nitrogens with one attached hydrogen (secondary N) is 2. The Labute approximate surface area is 151 Å². The van der Waals surface area contributed by atoms with Crippen LogP contribution in [0.25, 0.3) is 0 Å². The number of ether oxygens (including phenoxy) is 1. The molecule has 0 saturated carbocycles. The van der Waals surface area contributed by atoms with E-state index in [1.165, 1.54) is 11.1 Å². The highest BCUT2D eigenvalue weighted by molar-refractivity contribution is 14.0. The fourth-order valence-corrected chi connectivity index (χ4v) is 2.11. The summed E-state index contributed by atoms with van der Waals surface area (Å²) in [5, 5.41) is 6.62. The molecule has 0 spiro atoms. The number of hydrogen-bond acceptors (Lipinski definition) is 3. The second-order valence-electron chi connectivity index (χ2n) is 5.48. The smallest absolute Gasteiger partial charge is 0.191 e. The van der Waals surface area contributed by atoms with Crippen molar-refractivity contribution in [3.8, 4) is 0 Å². The molecule has 0 amide bonds. The first kappa shape index (κ1) is 21.1. The third-order valence-corrected chi connectivity index (χ3v) is 2.97. The van der Waals surface area contributed by atoms with Crippen molar-refractivity contribution >= 4 is 29.9 Å². The summed E-state index contributed by atoms with van der Waals surface area (Å²) in [5.41, 5.74) is 2.56. The molecule has 6 heteroatoms. The zero-order valence-electron chi connectivity index (χ0n) is 14.2. The molecule has 0 saturated heterocycles. The van der Waals surface area contributed by atoms with Crippen molar-refractivity contribution in [1.29, 1.82) is 0 Å². The molecule has 0 heterocycles. The van der Waals surface area contributed by atoms with Gasteiger partial charge in [-0.15, -0.1) is 24.0 Å². The molecule has 0 fully saturated rings. The molecule has 1 aromatic rings. The van der Waals surface area contributed by atoms with Crippen LogP contribution in [0.5, 0.6) is 0 Å². The van der Waals surface area contributed by atoms with Crippen LogP contribution >= 0.6 is 24.0 Å². The average molecular weight is 420 g/mol. The van der Waals surface area contributed by atoms with Gasteiger partial charge in [0.05, 0.1) is 6.61 Å². The largest absolute Gasteiger partial charge is 0.383 e. The molecule has 1 atom stereocenters. The lowest BCUT2D eigenvalue weighted by Gasteiger charge is -2.17. The minimum absolute atomic E-state index is 0.